The van der Waals surface area contributed by atoms with Crippen molar-refractivity contribution in [3.05, 3.63) is 35.4 Å². The number of fused-ring (bicyclic) bond motifs is 1. The number of benzene rings is 1. The monoisotopic (exact) mass is 332 g/mol. The Balaban J connectivity index is 1.36. The smallest absolute Gasteiger partial charge is 0.186 e. The molecule has 0 atom stereocenters. The van der Waals surface area contributed by atoms with Gasteiger partial charge in [-0.25, -0.2) is 0 Å². The average molecular weight is 332 g/mol. The van der Waals surface area contributed by atoms with Crippen LogP contribution in [0.4, 0.5) is 0 Å². The number of ether oxygens (including phenoxy) is 1. The van der Waals surface area contributed by atoms with Crippen LogP contribution in [0.3, 0.4) is 0 Å². The molecular formula is C17H24N4OS. The van der Waals surface area contributed by atoms with Crippen LogP contribution in [0.25, 0.3) is 0 Å². The summed E-state index contributed by atoms with van der Waals surface area (Å²) >= 11 is 5.29. The van der Waals surface area contributed by atoms with Crippen LogP contribution in [0.1, 0.15) is 24.0 Å². The fraction of sp³-hybridized carbons (Fsp3) is 0.529. The zero-order valence-corrected chi connectivity index (χ0v) is 14.2. The van der Waals surface area contributed by atoms with Crippen LogP contribution in [-0.2, 0) is 11.2 Å². The molecule has 1 aromatic carbocycles. The van der Waals surface area contributed by atoms with Crippen molar-refractivity contribution in [3.63, 3.8) is 0 Å². The van der Waals surface area contributed by atoms with Crippen LogP contribution < -0.4 is 10.7 Å². The lowest BCUT2D eigenvalue weighted by atomic mass is 10.1. The highest BCUT2D eigenvalue weighted by molar-refractivity contribution is 7.80. The molecule has 2 aliphatic rings. The lowest BCUT2D eigenvalue weighted by Crippen LogP contribution is -2.39. The minimum atomic E-state index is 0.601. The molecule has 23 heavy (non-hydrogen) atoms. The van der Waals surface area contributed by atoms with Crippen molar-refractivity contribution < 1.29 is 4.74 Å². The summed E-state index contributed by atoms with van der Waals surface area (Å²) in [5.74, 6) is 0. The Kier molecular flexibility index (Phi) is 5.96. The number of morpholine rings is 1. The number of aryl methyl sites for hydroxylation is 1. The lowest BCUT2D eigenvalue weighted by molar-refractivity contribution is 0.0376. The van der Waals surface area contributed by atoms with E-state index in [4.69, 9.17) is 17.0 Å². The van der Waals surface area contributed by atoms with Gasteiger partial charge in [-0.05, 0) is 43.6 Å². The number of hydrogen-bond donors (Lipinski definition) is 2. The van der Waals surface area contributed by atoms with Crippen LogP contribution in [0, 0.1) is 0 Å². The molecule has 1 fully saturated rings. The maximum atomic E-state index is 5.35. The maximum absolute atomic E-state index is 5.35. The third kappa shape index (κ3) is 4.73. The fourth-order valence-corrected chi connectivity index (χ4v) is 3.16. The molecular weight excluding hydrogens is 308 g/mol. The Morgan fingerprint density at radius 1 is 1.22 bits per heavy atom. The first-order valence-corrected chi connectivity index (χ1v) is 8.72. The second kappa shape index (κ2) is 8.38. The van der Waals surface area contributed by atoms with Gasteiger partial charge in [-0.2, -0.15) is 5.10 Å². The molecule has 0 aromatic heterocycles. The first kappa shape index (κ1) is 16.4. The number of nitrogens with one attached hydrogen (secondary N) is 2. The molecule has 1 aromatic rings. The molecule has 0 radical (unpaired) electrons. The molecule has 0 bridgehead atoms. The van der Waals surface area contributed by atoms with Crippen molar-refractivity contribution in [1.82, 2.24) is 15.6 Å². The van der Waals surface area contributed by atoms with E-state index in [0.717, 1.165) is 64.4 Å². The second-order valence-corrected chi connectivity index (χ2v) is 6.30. The molecule has 0 amide bonds. The molecule has 1 saturated heterocycles. The summed E-state index contributed by atoms with van der Waals surface area (Å²) in [4.78, 5) is 2.43. The van der Waals surface area contributed by atoms with Crippen LogP contribution in [-0.4, -0.2) is 55.1 Å². The van der Waals surface area contributed by atoms with Crippen LogP contribution in [0.5, 0.6) is 0 Å². The van der Waals surface area contributed by atoms with Gasteiger partial charge in [0.05, 0.1) is 18.9 Å². The van der Waals surface area contributed by atoms with E-state index in [1.54, 1.807) is 0 Å². The summed E-state index contributed by atoms with van der Waals surface area (Å²) in [6, 6.07) is 8.43. The quantitative estimate of drug-likeness (QED) is 0.486. The van der Waals surface area contributed by atoms with Crippen molar-refractivity contribution in [3.8, 4) is 0 Å². The van der Waals surface area contributed by atoms with Gasteiger partial charge in [-0.1, -0.05) is 24.3 Å². The van der Waals surface area contributed by atoms with Crippen molar-refractivity contribution in [2.75, 3.05) is 39.4 Å². The Labute approximate surface area is 143 Å². The average Bonchev–Trinajstić information content (AvgIpc) is 3.01. The Morgan fingerprint density at radius 3 is 2.91 bits per heavy atom. The number of hydrogen-bond acceptors (Lipinski definition) is 4. The molecule has 5 nitrogen and oxygen atoms in total. The normalized spacial score (nSPS) is 19.6. The summed E-state index contributed by atoms with van der Waals surface area (Å²) in [5, 5.41) is 8.30. The molecule has 2 N–H and O–H groups in total. The van der Waals surface area contributed by atoms with E-state index in [1.807, 2.05) is 0 Å². The van der Waals surface area contributed by atoms with E-state index in [9.17, 15) is 0 Å². The molecule has 0 unspecified atom stereocenters. The van der Waals surface area contributed by atoms with Gasteiger partial charge in [0.2, 0.25) is 0 Å². The highest BCUT2D eigenvalue weighted by atomic mass is 32.1. The van der Waals surface area contributed by atoms with Gasteiger partial charge in [0.25, 0.3) is 0 Å². The molecule has 1 aliphatic heterocycles. The number of nitrogens with zero attached hydrogens (tertiary/aromatic N) is 2. The summed E-state index contributed by atoms with van der Waals surface area (Å²) in [6.07, 6.45) is 3.11. The third-order valence-corrected chi connectivity index (χ3v) is 4.53. The maximum Gasteiger partial charge on any atom is 0.186 e. The minimum Gasteiger partial charge on any atom is -0.379 e. The predicted molar refractivity (Wildman–Crippen MR) is 96.9 cm³/mol. The highest BCUT2D eigenvalue weighted by Crippen LogP contribution is 2.21. The topological polar surface area (TPSA) is 48.9 Å². The van der Waals surface area contributed by atoms with Gasteiger partial charge in [0.15, 0.2) is 5.11 Å². The highest BCUT2D eigenvalue weighted by Gasteiger charge is 2.16. The first-order chi connectivity index (χ1) is 11.3. The summed E-state index contributed by atoms with van der Waals surface area (Å²) in [7, 11) is 0. The van der Waals surface area contributed by atoms with Gasteiger partial charge >= 0.3 is 0 Å². The SMILES string of the molecule is S=C(NCCCN1CCOCC1)N/N=C1\CCc2ccccc21. The Bertz CT molecular complexity index is 569. The van der Waals surface area contributed by atoms with Gasteiger partial charge in [0.1, 0.15) is 0 Å². The van der Waals surface area contributed by atoms with Gasteiger partial charge in [0, 0.05) is 25.2 Å². The molecule has 6 heteroatoms. The number of rotatable bonds is 5. The summed E-state index contributed by atoms with van der Waals surface area (Å²) in [6.45, 7) is 5.73. The van der Waals surface area contributed by atoms with E-state index in [-0.39, 0.29) is 0 Å². The van der Waals surface area contributed by atoms with Crippen molar-refractivity contribution in [2.45, 2.75) is 19.3 Å². The molecule has 0 spiro atoms. The first-order valence-electron chi connectivity index (χ1n) is 8.32. The van der Waals surface area contributed by atoms with Crippen LogP contribution >= 0.6 is 12.2 Å². The Morgan fingerprint density at radius 2 is 2.04 bits per heavy atom. The van der Waals surface area contributed by atoms with Crippen LogP contribution in [0.2, 0.25) is 0 Å². The molecule has 0 saturated carbocycles. The summed E-state index contributed by atoms with van der Waals surface area (Å²) < 4.78 is 5.35. The van der Waals surface area contributed by atoms with E-state index in [1.165, 1.54) is 11.1 Å². The van der Waals surface area contributed by atoms with Gasteiger partial charge in [-0.15, -0.1) is 0 Å². The Hall–Kier alpha value is -1.50. The number of thiocarbonyl (C=S) groups is 1. The van der Waals surface area contributed by atoms with Gasteiger partial charge in [-0.3, -0.25) is 10.3 Å². The van der Waals surface area contributed by atoms with E-state index in [0.29, 0.717) is 5.11 Å². The zero-order valence-electron chi connectivity index (χ0n) is 13.4. The standard InChI is InChI=1S/C17H24N4OS/c23-17(18-8-3-9-21-10-12-22-13-11-21)20-19-16-7-6-14-4-1-2-5-15(14)16/h1-2,4-5H,3,6-13H2,(H2,18,20,23)/b19-16+. The second-order valence-electron chi connectivity index (χ2n) is 5.89. The summed E-state index contributed by atoms with van der Waals surface area (Å²) in [5.41, 5.74) is 6.69. The molecule has 1 heterocycles. The third-order valence-electron chi connectivity index (χ3n) is 4.29. The van der Waals surface area contributed by atoms with Gasteiger partial charge < -0.3 is 10.1 Å². The molecule has 3 rings (SSSR count). The zero-order chi connectivity index (χ0) is 15.9. The largest absolute Gasteiger partial charge is 0.379 e. The molecule has 124 valence electrons. The van der Waals surface area contributed by atoms with E-state index in [2.05, 4.69) is 45.0 Å². The number of hydrazone groups is 1. The van der Waals surface area contributed by atoms with Crippen LogP contribution in [0.15, 0.2) is 29.4 Å². The van der Waals surface area contributed by atoms with E-state index >= 15 is 0 Å². The van der Waals surface area contributed by atoms with E-state index < -0.39 is 0 Å². The fourth-order valence-electron chi connectivity index (χ4n) is 3.01. The predicted octanol–water partition coefficient (Wildman–Crippen LogP) is 1.52. The van der Waals surface area contributed by atoms with Crippen molar-refractivity contribution in [1.29, 1.82) is 0 Å². The van der Waals surface area contributed by atoms with Crippen molar-refractivity contribution >= 4 is 23.0 Å². The lowest BCUT2D eigenvalue weighted by Gasteiger charge is -2.26. The molecule has 1 aliphatic carbocycles. The minimum absolute atomic E-state index is 0.601. The van der Waals surface area contributed by atoms with Crippen molar-refractivity contribution in [2.24, 2.45) is 5.10 Å².